The Bertz CT molecular complexity index is 460. The highest BCUT2D eigenvalue weighted by Crippen LogP contribution is 2.31. The van der Waals surface area contributed by atoms with Crippen molar-refractivity contribution in [2.75, 3.05) is 5.73 Å². The van der Waals surface area contributed by atoms with E-state index in [0.717, 1.165) is 18.4 Å². The van der Waals surface area contributed by atoms with Crippen molar-refractivity contribution in [3.63, 3.8) is 0 Å². The van der Waals surface area contributed by atoms with Crippen LogP contribution in [-0.4, -0.2) is 12.1 Å². The van der Waals surface area contributed by atoms with Gasteiger partial charge in [-0.3, -0.25) is 0 Å². The van der Waals surface area contributed by atoms with Crippen LogP contribution in [-0.2, 0) is 4.74 Å². The highest BCUT2D eigenvalue weighted by Gasteiger charge is 2.27. The van der Waals surface area contributed by atoms with Gasteiger partial charge in [-0.1, -0.05) is 26.0 Å². The Labute approximate surface area is 115 Å². The zero-order valence-corrected chi connectivity index (χ0v) is 12.0. The number of anilines is 1. The first-order chi connectivity index (χ1) is 8.97. The molecule has 19 heavy (non-hydrogen) atoms. The number of hydrogen-bond donors (Lipinski definition) is 1. The lowest BCUT2D eigenvalue weighted by atomic mass is 9.82. The van der Waals surface area contributed by atoms with Crippen LogP contribution in [0.4, 0.5) is 5.69 Å². The minimum absolute atomic E-state index is 0.0335. The average Bonchev–Trinajstić information content (AvgIpc) is 2.31. The van der Waals surface area contributed by atoms with Gasteiger partial charge in [-0.05, 0) is 49.7 Å². The fourth-order valence-corrected chi connectivity index (χ4v) is 3.04. The van der Waals surface area contributed by atoms with Crippen molar-refractivity contribution in [2.45, 2.75) is 46.1 Å². The number of rotatable bonds is 2. The largest absolute Gasteiger partial charge is 0.459 e. The highest BCUT2D eigenvalue weighted by molar-refractivity contribution is 5.95. The van der Waals surface area contributed by atoms with E-state index in [1.807, 2.05) is 19.1 Å². The summed E-state index contributed by atoms with van der Waals surface area (Å²) in [5.74, 6) is 0.959. The maximum absolute atomic E-state index is 12.2. The summed E-state index contributed by atoms with van der Waals surface area (Å²) in [7, 11) is 0. The Balaban J connectivity index is 2.06. The minimum Gasteiger partial charge on any atom is -0.459 e. The third-order valence-electron chi connectivity index (χ3n) is 3.95. The SMILES string of the molecule is Cc1cccc(C(=O)OC2CC(C)CC(C)C2)c1N. The molecule has 1 aliphatic rings. The molecule has 2 atom stereocenters. The van der Waals surface area contributed by atoms with Crippen LogP contribution in [0.2, 0.25) is 0 Å². The van der Waals surface area contributed by atoms with Crippen LogP contribution in [0.15, 0.2) is 18.2 Å². The number of carbonyl (C=O) groups is 1. The van der Waals surface area contributed by atoms with Crippen LogP contribution in [0.25, 0.3) is 0 Å². The van der Waals surface area contributed by atoms with E-state index < -0.39 is 0 Å². The van der Waals surface area contributed by atoms with Crippen LogP contribution >= 0.6 is 0 Å². The predicted octanol–water partition coefficient (Wildman–Crippen LogP) is 3.56. The summed E-state index contributed by atoms with van der Waals surface area (Å²) >= 11 is 0. The van der Waals surface area contributed by atoms with Gasteiger partial charge in [-0.25, -0.2) is 4.79 Å². The molecule has 2 unspecified atom stereocenters. The fraction of sp³-hybridized carbons (Fsp3) is 0.562. The Kier molecular flexibility index (Phi) is 4.13. The van der Waals surface area contributed by atoms with Crippen molar-refractivity contribution < 1.29 is 9.53 Å². The standard InChI is InChI=1S/C16H23NO2/c1-10-7-11(2)9-13(8-10)19-16(18)14-6-4-5-12(3)15(14)17/h4-6,10-11,13H,7-9,17H2,1-3H3. The zero-order valence-electron chi connectivity index (χ0n) is 12.0. The maximum Gasteiger partial charge on any atom is 0.340 e. The van der Waals surface area contributed by atoms with Gasteiger partial charge < -0.3 is 10.5 Å². The van der Waals surface area contributed by atoms with Crippen molar-refractivity contribution in [3.8, 4) is 0 Å². The summed E-state index contributed by atoms with van der Waals surface area (Å²) in [4.78, 5) is 12.2. The zero-order chi connectivity index (χ0) is 14.0. The number of hydrogen-bond acceptors (Lipinski definition) is 3. The van der Waals surface area contributed by atoms with Gasteiger partial charge in [0.2, 0.25) is 0 Å². The Hall–Kier alpha value is -1.51. The van der Waals surface area contributed by atoms with Gasteiger partial charge in [-0.15, -0.1) is 0 Å². The molecule has 3 heteroatoms. The lowest BCUT2D eigenvalue weighted by molar-refractivity contribution is 0.00816. The fourth-order valence-electron chi connectivity index (χ4n) is 3.04. The molecule has 2 rings (SSSR count). The van der Waals surface area contributed by atoms with Gasteiger partial charge >= 0.3 is 5.97 Å². The predicted molar refractivity (Wildman–Crippen MR) is 77.0 cm³/mol. The number of para-hydroxylation sites is 1. The van der Waals surface area contributed by atoms with Crippen molar-refractivity contribution >= 4 is 11.7 Å². The van der Waals surface area contributed by atoms with E-state index in [0.29, 0.717) is 23.1 Å². The van der Waals surface area contributed by atoms with E-state index in [1.165, 1.54) is 6.42 Å². The number of nitrogen functional groups attached to an aromatic ring is 1. The number of carbonyl (C=O) groups excluding carboxylic acids is 1. The number of ether oxygens (including phenoxy) is 1. The van der Waals surface area contributed by atoms with E-state index in [-0.39, 0.29) is 12.1 Å². The minimum atomic E-state index is -0.285. The number of nitrogens with two attached hydrogens (primary N) is 1. The summed E-state index contributed by atoms with van der Waals surface area (Å²) in [6.07, 6.45) is 3.18. The van der Waals surface area contributed by atoms with Gasteiger partial charge in [0.25, 0.3) is 0 Å². The molecule has 104 valence electrons. The van der Waals surface area contributed by atoms with Crippen molar-refractivity contribution in [2.24, 2.45) is 11.8 Å². The molecule has 0 saturated heterocycles. The molecule has 0 aromatic heterocycles. The molecule has 0 bridgehead atoms. The number of esters is 1. The molecule has 0 aliphatic heterocycles. The molecular weight excluding hydrogens is 238 g/mol. The third kappa shape index (κ3) is 3.28. The van der Waals surface area contributed by atoms with Gasteiger partial charge in [0.05, 0.1) is 5.56 Å². The van der Waals surface area contributed by atoms with Gasteiger partial charge in [-0.2, -0.15) is 0 Å². The molecule has 0 amide bonds. The first-order valence-corrected chi connectivity index (χ1v) is 7.03. The molecule has 1 aromatic rings. The Morgan fingerprint density at radius 3 is 2.47 bits per heavy atom. The van der Waals surface area contributed by atoms with Crippen molar-refractivity contribution in [1.29, 1.82) is 0 Å². The molecule has 3 nitrogen and oxygen atoms in total. The average molecular weight is 261 g/mol. The second-order valence-corrected chi connectivity index (χ2v) is 5.98. The summed E-state index contributed by atoms with van der Waals surface area (Å²) in [5, 5.41) is 0. The number of aryl methyl sites for hydroxylation is 1. The summed E-state index contributed by atoms with van der Waals surface area (Å²) in [5.41, 5.74) is 7.88. The lowest BCUT2D eigenvalue weighted by Crippen LogP contribution is -2.28. The Morgan fingerprint density at radius 1 is 1.21 bits per heavy atom. The summed E-state index contributed by atoms with van der Waals surface area (Å²) in [6, 6.07) is 5.48. The van der Waals surface area contributed by atoms with Gasteiger partial charge in [0, 0.05) is 5.69 Å². The highest BCUT2D eigenvalue weighted by atomic mass is 16.5. The number of benzene rings is 1. The van der Waals surface area contributed by atoms with E-state index in [4.69, 9.17) is 10.5 Å². The van der Waals surface area contributed by atoms with Crippen LogP contribution in [0.5, 0.6) is 0 Å². The van der Waals surface area contributed by atoms with Crippen LogP contribution < -0.4 is 5.73 Å². The first kappa shape index (κ1) is 13.9. The van der Waals surface area contributed by atoms with E-state index >= 15 is 0 Å². The molecular formula is C16H23NO2. The quantitative estimate of drug-likeness (QED) is 0.654. The second kappa shape index (κ2) is 5.64. The molecule has 1 aromatic carbocycles. The second-order valence-electron chi connectivity index (χ2n) is 5.98. The monoisotopic (exact) mass is 261 g/mol. The normalized spacial score (nSPS) is 27.0. The molecule has 1 fully saturated rings. The topological polar surface area (TPSA) is 52.3 Å². The molecule has 1 aliphatic carbocycles. The van der Waals surface area contributed by atoms with Crippen molar-refractivity contribution in [1.82, 2.24) is 0 Å². The molecule has 0 spiro atoms. The molecule has 0 radical (unpaired) electrons. The van der Waals surface area contributed by atoms with Gasteiger partial charge in [0.15, 0.2) is 0 Å². The molecule has 1 saturated carbocycles. The third-order valence-corrected chi connectivity index (χ3v) is 3.95. The van der Waals surface area contributed by atoms with E-state index in [2.05, 4.69) is 13.8 Å². The Morgan fingerprint density at radius 2 is 1.84 bits per heavy atom. The van der Waals surface area contributed by atoms with E-state index in [1.54, 1.807) is 6.07 Å². The van der Waals surface area contributed by atoms with Crippen LogP contribution in [0, 0.1) is 18.8 Å². The molecule has 2 N–H and O–H groups in total. The summed E-state index contributed by atoms with van der Waals surface area (Å²) in [6.45, 7) is 6.34. The van der Waals surface area contributed by atoms with E-state index in [9.17, 15) is 4.79 Å². The maximum atomic E-state index is 12.2. The lowest BCUT2D eigenvalue weighted by Gasteiger charge is -2.31. The first-order valence-electron chi connectivity index (χ1n) is 7.03. The van der Waals surface area contributed by atoms with Crippen LogP contribution in [0.3, 0.4) is 0 Å². The van der Waals surface area contributed by atoms with Crippen molar-refractivity contribution in [3.05, 3.63) is 29.3 Å². The summed E-state index contributed by atoms with van der Waals surface area (Å²) < 4.78 is 5.64. The molecule has 0 heterocycles. The smallest absolute Gasteiger partial charge is 0.340 e. The van der Waals surface area contributed by atoms with Crippen LogP contribution in [0.1, 0.15) is 49.0 Å². The van der Waals surface area contributed by atoms with Gasteiger partial charge in [0.1, 0.15) is 6.10 Å².